The first-order chi connectivity index (χ1) is 11.7. The number of rotatable bonds is 4. The van der Waals surface area contributed by atoms with E-state index < -0.39 is 0 Å². The van der Waals surface area contributed by atoms with Crippen LogP contribution in [0.4, 0.5) is 0 Å². The van der Waals surface area contributed by atoms with E-state index in [0.717, 1.165) is 56.7 Å². The monoisotopic (exact) mass is 336 g/mol. The van der Waals surface area contributed by atoms with Crippen LogP contribution < -0.4 is 5.32 Å². The summed E-state index contributed by atoms with van der Waals surface area (Å²) < 4.78 is 13.7. The number of hydrogen-bond acceptors (Lipinski definition) is 5. The minimum absolute atomic E-state index is 0.127. The Kier molecular flexibility index (Phi) is 5.68. The third-order valence-electron chi connectivity index (χ3n) is 4.66. The molecule has 3 heterocycles. The summed E-state index contributed by atoms with van der Waals surface area (Å²) in [5, 5.41) is 11.7. The Bertz CT molecular complexity index is 567. The molecule has 8 nitrogen and oxygen atoms in total. The average molecular weight is 336 g/mol. The van der Waals surface area contributed by atoms with Crippen molar-refractivity contribution in [1.29, 1.82) is 0 Å². The van der Waals surface area contributed by atoms with E-state index in [0.29, 0.717) is 13.2 Å². The van der Waals surface area contributed by atoms with Gasteiger partial charge in [-0.15, -0.1) is 10.2 Å². The van der Waals surface area contributed by atoms with Crippen LogP contribution in [0.15, 0.2) is 4.99 Å². The standard InChI is InChI=1S/C16H28N6O2/c1-4-17-16(18-10-15-20-19-12(2)21(15)3)22-7-9-24-14(11-22)13-6-5-8-23-13/h13-14H,4-11H2,1-3H3,(H,17,18). The largest absolute Gasteiger partial charge is 0.375 e. The minimum atomic E-state index is 0.127. The van der Waals surface area contributed by atoms with Crippen LogP contribution >= 0.6 is 0 Å². The molecule has 2 saturated heterocycles. The highest BCUT2D eigenvalue weighted by atomic mass is 16.5. The van der Waals surface area contributed by atoms with Gasteiger partial charge in [0.1, 0.15) is 18.5 Å². The van der Waals surface area contributed by atoms with Crippen molar-refractivity contribution in [3.63, 3.8) is 0 Å². The first kappa shape index (κ1) is 17.2. The van der Waals surface area contributed by atoms with Crippen molar-refractivity contribution in [2.24, 2.45) is 12.0 Å². The van der Waals surface area contributed by atoms with Crippen molar-refractivity contribution in [1.82, 2.24) is 25.0 Å². The number of aryl methyl sites for hydroxylation is 1. The summed E-state index contributed by atoms with van der Waals surface area (Å²) in [4.78, 5) is 7.02. The van der Waals surface area contributed by atoms with E-state index in [1.165, 1.54) is 0 Å². The van der Waals surface area contributed by atoms with Gasteiger partial charge in [-0.2, -0.15) is 0 Å². The lowest BCUT2D eigenvalue weighted by molar-refractivity contribution is -0.0817. The number of ether oxygens (including phenoxy) is 2. The summed E-state index contributed by atoms with van der Waals surface area (Å²) >= 11 is 0. The van der Waals surface area contributed by atoms with E-state index in [1.807, 2.05) is 18.5 Å². The zero-order chi connectivity index (χ0) is 16.9. The molecular weight excluding hydrogens is 308 g/mol. The van der Waals surface area contributed by atoms with E-state index in [2.05, 4.69) is 27.3 Å². The SMILES string of the molecule is CCNC(=NCc1nnc(C)n1C)N1CCOC(C2CCCO2)C1. The number of nitrogens with one attached hydrogen (secondary N) is 1. The predicted molar refractivity (Wildman–Crippen MR) is 90.8 cm³/mol. The van der Waals surface area contributed by atoms with Crippen LogP contribution in [0.3, 0.4) is 0 Å². The molecule has 0 spiro atoms. The predicted octanol–water partition coefficient (Wildman–Crippen LogP) is 0.469. The van der Waals surface area contributed by atoms with Crippen molar-refractivity contribution in [3.8, 4) is 0 Å². The second-order valence-electron chi connectivity index (χ2n) is 6.30. The molecule has 1 aromatic heterocycles. The molecule has 2 aliphatic heterocycles. The summed E-state index contributed by atoms with van der Waals surface area (Å²) in [6.07, 6.45) is 2.56. The fourth-order valence-electron chi connectivity index (χ4n) is 3.15. The highest BCUT2D eigenvalue weighted by Gasteiger charge is 2.32. The van der Waals surface area contributed by atoms with Crippen molar-refractivity contribution in [2.75, 3.05) is 32.8 Å². The maximum atomic E-state index is 5.93. The fraction of sp³-hybridized carbons (Fsp3) is 0.812. The van der Waals surface area contributed by atoms with Gasteiger partial charge in [-0.1, -0.05) is 0 Å². The summed E-state index contributed by atoms with van der Waals surface area (Å²) in [5.41, 5.74) is 0. The van der Waals surface area contributed by atoms with E-state index in [4.69, 9.17) is 14.5 Å². The van der Waals surface area contributed by atoms with Gasteiger partial charge in [-0.3, -0.25) is 0 Å². The van der Waals surface area contributed by atoms with Gasteiger partial charge in [-0.05, 0) is 26.7 Å². The number of nitrogens with zero attached hydrogens (tertiary/aromatic N) is 5. The summed E-state index contributed by atoms with van der Waals surface area (Å²) in [6, 6.07) is 0. The summed E-state index contributed by atoms with van der Waals surface area (Å²) in [6.45, 7) is 8.59. The minimum Gasteiger partial charge on any atom is -0.375 e. The molecule has 2 fully saturated rings. The molecule has 24 heavy (non-hydrogen) atoms. The highest BCUT2D eigenvalue weighted by Crippen LogP contribution is 2.21. The first-order valence-corrected chi connectivity index (χ1v) is 8.80. The smallest absolute Gasteiger partial charge is 0.194 e. The first-order valence-electron chi connectivity index (χ1n) is 8.80. The van der Waals surface area contributed by atoms with Gasteiger partial charge in [0.25, 0.3) is 0 Å². The highest BCUT2D eigenvalue weighted by molar-refractivity contribution is 5.80. The molecule has 1 aromatic rings. The lowest BCUT2D eigenvalue weighted by atomic mass is 10.1. The Balaban J connectivity index is 1.67. The topological polar surface area (TPSA) is 76.8 Å². The van der Waals surface area contributed by atoms with Crippen LogP contribution in [0, 0.1) is 6.92 Å². The normalized spacial score (nSPS) is 25.3. The maximum Gasteiger partial charge on any atom is 0.194 e. The average Bonchev–Trinajstić information content (AvgIpc) is 3.24. The zero-order valence-corrected chi connectivity index (χ0v) is 14.9. The molecule has 8 heteroatoms. The van der Waals surface area contributed by atoms with Crippen LogP contribution in [-0.4, -0.2) is 70.7 Å². The fourth-order valence-corrected chi connectivity index (χ4v) is 3.15. The number of guanidine groups is 1. The Morgan fingerprint density at radius 3 is 2.79 bits per heavy atom. The number of aromatic nitrogens is 3. The molecule has 0 aliphatic carbocycles. The Morgan fingerprint density at radius 2 is 2.12 bits per heavy atom. The van der Waals surface area contributed by atoms with E-state index in [9.17, 15) is 0 Å². The summed E-state index contributed by atoms with van der Waals surface area (Å²) in [5.74, 6) is 2.67. The molecule has 134 valence electrons. The molecule has 0 amide bonds. The molecule has 0 saturated carbocycles. The molecule has 3 rings (SSSR count). The molecule has 2 atom stereocenters. The molecule has 0 aromatic carbocycles. The lowest BCUT2D eigenvalue weighted by Crippen LogP contribution is -2.53. The maximum absolute atomic E-state index is 5.93. The van der Waals surface area contributed by atoms with Crippen LogP contribution in [-0.2, 0) is 23.1 Å². The zero-order valence-electron chi connectivity index (χ0n) is 14.9. The van der Waals surface area contributed by atoms with Gasteiger partial charge in [0.15, 0.2) is 11.8 Å². The molecule has 0 radical (unpaired) electrons. The molecule has 2 aliphatic rings. The van der Waals surface area contributed by atoms with Gasteiger partial charge < -0.3 is 24.3 Å². The van der Waals surface area contributed by atoms with Gasteiger partial charge in [0.05, 0.1) is 12.7 Å². The Labute approximate surface area is 143 Å². The van der Waals surface area contributed by atoms with Gasteiger partial charge in [0, 0.05) is 33.3 Å². The van der Waals surface area contributed by atoms with Crippen LogP contribution in [0.1, 0.15) is 31.4 Å². The van der Waals surface area contributed by atoms with E-state index >= 15 is 0 Å². The van der Waals surface area contributed by atoms with Crippen molar-refractivity contribution < 1.29 is 9.47 Å². The van der Waals surface area contributed by atoms with Crippen molar-refractivity contribution >= 4 is 5.96 Å². The van der Waals surface area contributed by atoms with Gasteiger partial charge >= 0.3 is 0 Å². The molecule has 2 unspecified atom stereocenters. The summed E-state index contributed by atoms with van der Waals surface area (Å²) in [7, 11) is 1.97. The Morgan fingerprint density at radius 1 is 1.29 bits per heavy atom. The van der Waals surface area contributed by atoms with Crippen LogP contribution in [0.2, 0.25) is 0 Å². The van der Waals surface area contributed by atoms with E-state index in [1.54, 1.807) is 0 Å². The number of aliphatic imine (C=N–C) groups is 1. The van der Waals surface area contributed by atoms with Crippen LogP contribution in [0.5, 0.6) is 0 Å². The number of hydrogen-bond donors (Lipinski definition) is 1. The number of morpholine rings is 1. The van der Waals surface area contributed by atoms with E-state index in [-0.39, 0.29) is 12.2 Å². The van der Waals surface area contributed by atoms with Gasteiger partial charge in [0.2, 0.25) is 0 Å². The second-order valence-corrected chi connectivity index (χ2v) is 6.30. The molecule has 0 bridgehead atoms. The third-order valence-corrected chi connectivity index (χ3v) is 4.66. The van der Waals surface area contributed by atoms with Gasteiger partial charge in [-0.25, -0.2) is 4.99 Å². The Hall–Kier alpha value is -1.67. The van der Waals surface area contributed by atoms with Crippen LogP contribution in [0.25, 0.3) is 0 Å². The van der Waals surface area contributed by atoms with Crippen molar-refractivity contribution in [3.05, 3.63) is 11.6 Å². The quantitative estimate of drug-likeness (QED) is 0.636. The molecule has 1 N–H and O–H groups in total. The third kappa shape index (κ3) is 3.87. The van der Waals surface area contributed by atoms with Crippen molar-refractivity contribution in [2.45, 2.75) is 45.4 Å². The second kappa shape index (κ2) is 7.94. The molecular formula is C16H28N6O2. The lowest BCUT2D eigenvalue weighted by Gasteiger charge is -2.37.